The van der Waals surface area contributed by atoms with Gasteiger partial charge in [0.2, 0.25) is 0 Å². The molecule has 0 aliphatic carbocycles. The third-order valence-corrected chi connectivity index (χ3v) is 3.18. The van der Waals surface area contributed by atoms with Crippen LogP contribution < -0.4 is 0 Å². The SMILES string of the molecule is CC(=O)c1cc(C)n(Cc2cccc(F)c2)c1C. The van der Waals surface area contributed by atoms with Crippen LogP contribution >= 0.6 is 0 Å². The van der Waals surface area contributed by atoms with Crippen molar-refractivity contribution in [3.05, 3.63) is 58.7 Å². The summed E-state index contributed by atoms with van der Waals surface area (Å²) in [5.41, 5.74) is 3.59. The van der Waals surface area contributed by atoms with Crippen LogP contribution in [0.4, 0.5) is 4.39 Å². The molecule has 0 N–H and O–H groups in total. The van der Waals surface area contributed by atoms with E-state index >= 15 is 0 Å². The van der Waals surface area contributed by atoms with Crippen molar-refractivity contribution in [2.24, 2.45) is 0 Å². The normalized spacial score (nSPS) is 10.7. The first-order valence-corrected chi connectivity index (χ1v) is 5.91. The molecule has 1 heterocycles. The molecule has 0 unspecified atom stereocenters. The van der Waals surface area contributed by atoms with Gasteiger partial charge in [-0.2, -0.15) is 0 Å². The molecule has 0 aliphatic rings. The van der Waals surface area contributed by atoms with Crippen molar-refractivity contribution in [1.29, 1.82) is 0 Å². The van der Waals surface area contributed by atoms with Gasteiger partial charge in [0.25, 0.3) is 0 Å². The predicted molar refractivity (Wildman–Crippen MR) is 69.4 cm³/mol. The fraction of sp³-hybridized carbons (Fsp3) is 0.267. The van der Waals surface area contributed by atoms with Crippen LogP contribution in [-0.2, 0) is 6.54 Å². The van der Waals surface area contributed by atoms with E-state index in [2.05, 4.69) is 0 Å². The second-order valence-electron chi connectivity index (χ2n) is 4.56. The standard InChI is InChI=1S/C15H16FNO/c1-10-7-15(12(3)18)11(2)17(10)9-13-5-4-6-14(16)8-13/h4-8H,9H2,1-3H3. The lowest BCUT2D eigenvalue weighted by Gasteiger charge is -2.09. The molecule has 0 aliphatic heterocycles. The molecule has 0 atom stereocenters. The number of hydrogen-bond donors (Lipinski definition) is 0. The number of aromatic nitrogens is 1. The minimum Gasteiger partial charge on any atom is -0.344 e. The highest BCUT2D eigenvalue weighted by Gasteiger charge is 2.12. The van der Waals surface area contributed by atoms with Crippen LogP contribution in [0.2, 0.25) is 0 Å². The Kier molecular flexibility index (Phi) is 3.32. The third-order valence-electron chi connectivity index (χ3n) is 3.18. The van der Waals surface area contributed by atoms with E-state index in [-0.39, 0.29) is 11.6 Å². The zero-order valence-corrected chi connectivity index (χ0v) is 10.8. The molecule has 94 valence electrons. The van der Waals surface area contributed by atoms with Crippen molar-refractivity contribution in [3.8, 4) is 0 Å². The molecule has 2 rings (SSSR count). The molecule has 0 saturated heterocycles. The summed E-state index contributed by atoms with van der Waals surface area (Å²) in [6, 6.07) is 8.42. The summed E-state index contributed by atoms with van der Waals surface area (Å²) in [5, 5.41) is 0. The zero-order valence-electron chi connectivity index (χ0n) is 10.8. The molecule has 18 heavy (non-hydrogen) atoms. The van der Waals surface area contributed by atoms with E-state index < -0.39 is 0 Å². The van der Waals surface area contributed by atoms with Crippen LogP contribution in [0.1, 0.15) is 34.2 Å². The van der Waals surface area contributed by atoms with Crippen molar-refractivity contribution in [2.75, 3.05) is 0 Å². The number of benzene rings is 1. The second-order valence-corrected chi connectivity index (χ2v) is 4.56. The van der Waals surface area contributed by atoms with E-state index in [9.17, 15) is 9.18 Å². The van der Waals surface area contributed by atoms with E-state index in [0.717, 1.165) is 22.5 Å². The van der Waals surface area contributed by atoms with Gasteiger partial charge in [-0.25, -0.2) is 4.39 Å². The van der Waals surface area contributed by atoms with E-state index in [1.165, 1.54) is 12.1 Å². The van der Waals surface area contributed by atoms with Gasteiger partial charge >= 0.3 is 0 Å². The van der Waals surface area contributed by atoms with Gasteiger partial charge < -0.3 is 4.57 Å². The largest absolute Gasteiger partial charge is 0.344 e. The van der Waals surface area contributed by atoms with Gasteiger partial charge in [-0.1, -0.05) is 12.1 Å². The van der Waals surface area contributed by atoms with Crippen molar-refractivity contribution < 1.29 is 9.18 Å². The Morgan fingerprint density at radius 3 is 2.56 bits per heavy atom. The number of hydrogen-bond acceptors (Lipinski definition) is 1. The summed E-state index contributed by atoms with van der Waals surface area (Å²) < 4.78 is 15.2. The summed E-state index contributed by atoms with van der Waals surface area (Å²) in [6.07, 6.45) is 0. The van der Waals surface area contributed by atoms with E-state index in [4.69, 9.17) is 0 Å². The lowest BCUT2D eigenvalue weighted by atomic mass is 10.2. The Bertz CT molecular complexity index is 599. The number of ketones is 1. The van der Waals surface area contributed by atoms with Gasteiger partial charge in [0.1, 0.15) is 5.82 Å². The fourth-order valence-electron chi connectivity index (χ4n) is 2.22. The van der Waals surface area contributed by atoms with Crippen LogP contribution in [0.5, 0.6) is 0 Å². The first kappa shape index (κ1) is 12.6. The van der Waals surface area contributed by atoms with Gasteiger partial charge in [-0.15, -0.1) is 0 Å². The first-order valence-electron chi connectivity index (χ1n) is 5.91. The second kappa shape index (κ2) is 4.77. The average molecular weight is 245 g/mol. The molecule has 0 spiro atoms. The number of carbonyl (C=O) groups is 1. The number of aryl methyl sites for hydroxylation is 1. The highest BCUT2D eigenvalue weighted by Crippen LogP contribution is 2.17. The Balaban J connectivity index is 2.38. The van der Waals surface area contributed by atoms with Crippen LogP contribution in [0.15, 0.2) is 30.3 Å². The molecule has 0 radical (unpaired) electrons. The summed E-state index contributed by atoms with van der Waals surface area (Å²) >= 11 is 0. The topological polar surface area (TPSA) is 22.0 Å². The maximum absolute atomic E-state index is 13.1. The minimum absolute atomic E-state index is 0.0635. The van der Waals surface area contributed by atoms with Gasteiger partial charge in [0.15, 0.2) is 5.78 Å². The third kappa shape index (κ3) is 2.35. The first-order chi connectivity index (χ1) is 8.49. The fourth-order valence-corrected chi connectivity index (χ4v) is 2.22. The van der Waals surface area contributed by atoms with Crippen LogP contribution in [0, 0.1) is 19.7 Å². The Labute approximate surface area is 106 Å². The summed E-state index contributed by atoms with van der Waals surface area (Å²) in [5.74, 6) is -0.171. The molecule has 1 aromatic carbocycles. The minimum atomic E-state index is -0.234. The molecular formula is C15H16FNO. The molecule has 0 fully saturated rings. The number of Topliss-reactive ketones (excluding diaryl/α,β-unsaturated/α-hetero) is 1. The molecule has 1 aromatic heterocycles. The molecule has 0 bridgehead atoms. The number of nitrogens with zero attached hydrogens (tertiary/aromatic N) is 1. The van der Waals surface area contributed by atoms with Crippen LogP contribution in [0.3, 0.4) is 0 Å². The van der Waals surface area contributed by atoms with Gasteiger partial charge in [-0.05, 0) is 44.5 Å². The molecular weight excluding hydrogens is 229 g/mol. The predicted octanol–water partition coefficient (Wildman–Crippen LogP) is 3.49. The zero-order chi connectivity index (χ0) is 13.3. The average Bonchev–Trinajstić information content (AvgIpc) is 2.57. The number of carbonyl (C=O) groups excluding carboxylic acids is 1. The van der Waals surface area contributed by atoms with Gasteiger partial charge in [0, 0.05) is 23.5 Å². The quantitative estimate of drug-likeness (QED) is 0.759. The lowest BCUT2D eigenvalue weighted by molar-refractivity contribution is 0.101. The van der Waals surface area contributed by atoms with E-state index in [0.29, 0.717) is 6.54 Å². The van der Waals surface area contributed by atoms with Crippen molar-refractivity contribution in [3.63, 3.8) is 0 Å². The van der Waals surface area contributed by atoms with Crippen LogP contribution in [-0.4, -0.2) is 10.4 Å². The summed E-state index contributed by atoms with van der Waals surface area (Å²) in [6.45, 7) is 6.03. The van der Waals surface area contributed by atoms with Crippen molar-refractivity contribution in [1.82, 2.24) is 4.57 Å². The summed E-state index contributed by atoms with van der Waals surface area (Å²) in [4.78, 5) is 11.5. The molecule has 0 saturated carbocycles. The van der Waals surface area contributed by atoms with E-state index in [1.54, 1.807) is 13.0 Å². The number of rotatable bonds is 3. The van der Waals surface area contributed by atoms with Gasteiger partial charge in [0.05, 0.1) is 0 Å². The maximum atomic E-state index is 13.1. The highest BCUT2D eigenvalue weighted by atomic mass is 19.1. The Morgan fingerprint density at radius 1 is 1.28 bits per heavy atom. The Hall–Kier alpha value is -1.90. The Morgan fingerprint density at radius 2 is 2.00 bits per heavy atom. The molecule has 3 heteroatoms. The lowest BCUT2D eigenvalue weighted by Crippen LogP contribution is -2.05. The van der Waals surface area contributed by atoms with E-state index in [1.807, 2.05) is 30.5 Å². The van der Waals surface area contributed by atoms with Crippen LogP contribution in [0.25, 0.3) is 0 Å². The van der Waals surface area contributed by atoms with Crippen molar-refractivity contribution >= 4 is 5.78 Å². The van der Waals surface area contributed by atoms with Gasteiger partial charge in [-0.3, -0.25) is 4.79 Å². The van der Waals surface area contributed by atoms with Crippen molar-refractivity contribution in [2.45, 2.75) is 27.3 Å². The monoisotopic (exact) mass is 245 g/mol. The smallest absolute Gasteiger partial charge is 0.161 e. The molecule has 2 nitrogen and oxygen atoms in total. The highest BCUT2D eigenvalue weighted by molar-refractivity contribution is 5.95. The number of halogens is 1. The maximum Gasteiger partial charge on any atom is 0.161 e. The molecule has 0 amide bonds. The summed E-state index contributed by atoms with van der Waals surface area (Å²) in [7, 11) is 0. The molecule has 2 aromatic rings.